The van der Waals surface area contributed by atoms with Crippen LogP contribution in [0.3, 0.4) is 0 Å². The number of rotatable bonds is 5. The average Bonchev–Trinajstić information content (AvgIpc) is 3.46. The van der Waals surface area contributed by atoms with Crippen LogP contribution in [0.5, 0.6) is 0 Å². The highest BCUT2D eigenvalue weighted by molar-refractivity contribution is 6.09. The van der Waals surface area contributed by atoms with E-state index in [2.05, 4.69) is 10.6 Å². The number of nitrogens with zero attached hydrogens (tertiary/aromatic N) is 1. The summed E-state index contributed by atoms with van der Waals surface area (Å²) in [6, 6.07) is 9.25. The molecule has 0 bridgehead atoms. The summed E-state index contributed by atoms with van der Waals surface area (Å²) in [6.07, 6.45) is 4.14. The fourth-order valence-electron chi connectivity index (χ4n) is 4.93. The number of hydrogen-bond acceptors (Lipinski definition) is 5. The van der Waals surface area contributed by atoms with Crippen molar-refractivity contribution < 1.29 is 23.9 Å². The third kappa shape index (κ3) is 3.48. The SMILES string of the molecule is O=C(CN1C(=O)NC2(CCC3(CC2)OCCO3)C1=O)NC(c1ccccc1)C1CC1. The number of imide groups is 1. The minimum absolute atomic E-state index is 0.0837. The fraction of sp³-hybridized carbons (Fsp3) is 0.591. The van der Waals surface area contributed by atoms with Gasteiger partial charge >= 0.3 is 6.03 Å². The van der Waals surface area contributed by atoms with Crippen molar-refractivity contribution in [1.29, 1.82) is 0 Å². The maximum Gasteiger partial charge on any atom is 0.325 e. The van der Waals surface area contributed by atoms with E-state index in [1.54, 1.807) is 0 Å². The Labute approximate surface area is 175 Å². The molecule has 1 aromatic rings. The number of benzene rings is 1. The molecule has 4 aliphatic rings. The van der Waals surface area contributed by atoms with Gasteiger partial charge in [-0.2, -0.15) is 0 Å². The van der Waals surface area contributed by atoms with Gasteiger partial charge in [-0.05, 0) is 37.2 Å². The van der Waals surface area contributed by atoms with E-state index in [1.165, 1.54) is 0 Å². The Kier molecular flexibility index (Phi) is 4.78. The summed E-state index contributed by atoms with van der Waals surface area (Å²) < 4.78 is 11.5. The van der Waals surface area contributed by atoms with Crippen LogP contribution in [-0.4, -0.2) is 53.8 Å². The van der Waals surface area contributed by atoms with Crippen molar-refractivity contribution in [3.63, 3.8) is 0 Å². The smallest absolute Gasteiger partial charge is 0.325 e. The van der Waals surface area contributed by atoms with Crippen molar-refractivity contribution in [2.45, 2.75) is 55.9 Å². The summed E-state index contributed by atoms with van der Waals surface area (Å²) in [5.41, 5.74) is 0.101. The van der Waals surface area contributed by atoms with Gasteiger partial charge in [0.25, 0.3) is 5.91 Å². The predicted octanol–water partition coefficient (Wildman–Crippen LogP) is 1.86. The molecule has 1 aromatic carbocycles. The van der Waals surface area contributed by atoms with Crippen LogP contribution in [0.4, 0.5) is 4.79 Å². The van der Waals surface area contributed by atoms with E-state index in [1.807, 2.05) is 30.3 Å². The maximum atomic E-state index is 13.1. The van der Waals surface area contributed by atoms with Crippen molar-refractivity contribution in [2.75, 3.05) is 19.8 Å². The molecule has 4 fully saturated rings. The van der Waals surface area contributed by atoms with Crippen molar-refractivity contribution in [3.05, 3.63) is 35.9 Å². The van der Waals surface area contributed by atoms with Crippen molar-refractivity contribution in [3.8, 4) is 0 Å². The third-order valence-electron chi connectivity index (χ3n) is 6.80. The molecule has 4 amide bonds. The van der Waals surface area contributed by atoms with E-state index < -0.39 is 17.4 Å². The van der Waals surface area contributed by atoms with Crippen LogP contribution < -0.4 is 10.6 Å². The molecule has 2 heterocycles. The Hall–Kier alpha value is -2.45. The summed E-state index contributed by atoms with van der Waals surface area (Å²) in [5.74, 6) is -0.843. The number of ether oxygens (including phenoxy) is 2. The Balaban J connectivity index is 1.23. The highest BCUT2D eigenvalue weighted by Crippen LogP contribution is 2.43. The van der Waals surface area contributed by atoms with Gasteiger partial charge in [0.05, 0.1) is 19.3 Å². The first-order valence-electron chi connectivity index (χ1n) is 10.8. The van der Waals surface area contributed by atoms with Crippen molar-refractivity contribution in [2.24, 2.45) is 5.92 Å². The fourth-order valence-corrected chi connectivity index (χ4v) is 4.93. The lowest BCUT2D eigenvalue weighted by molar-refractivity contribution is -0.186. The Bertz CT molecular complexity index is 838. The van der Waals surface area contributed by atoms with Gasteiger partial charge in [-0.25, -0.2) is 4.79 Å². The standard InChI is InChI=1S/C22H27N3O5/c26-17(23-18(16-6-7-16)15-4-2-1-3-5-15)14-25-19(27)21(24-20(25)28)8-10-22(11-9-21)29-12-13-30-22/h1-5,16,18H,6-14H2,(H,23,26)(H,24,28). The summed E-state index contributed by atoms with van der Waals surface area (Å²) in [4.78, 5) is 39.5. The second-order valence-electron chi connectivity index (χ2n) is 8.80. The lowest BCUT2D eigenvalue weighted by Crippen LogP contribution is -2.53. The van der Waals surface area contributed by atoms with Crippen LogP contribution in [0.25, 0.3) is 0 Å². The van der Waals surface area contributed by atoms with Crippen molar-refractivity contribution >= 4 is 17.8 Å². The third-order valence-corrected chi connectivity index (χ3v) is 6.80. The number of nitrogens with one attached hydrogen (secondary N) is 2. The molecular weight excluding hydrogens is 386 g/mol. The molecule has 2 N–H and O–H groups in total. The van der Waals surface area contributed by atoms with Gasteiger partial charge in [-0.15, -0.1) is 0 Å². The topological polar surface area (TPSA) is 97.0 Å². The molecule has 2 spiro atoms. The summed E-state index contributed by atoms with van der Waals surface area (Å²) >= 11 is 0. The number of urea groups is 1. The Morgan fingerprint density at radius 2 is 1.77 bits per heavy atom. The number of hydrogen-bond donors (Lipinski definition) is 2. The van der Waals surface area contributed by atoms with Gasteiger partial charge in [0, 0.05) is 12.8 Å². The molecule has 30 heavy (non-hydrogen) atoms. The summed E-state index contributed by atoms with van der Waals surface area (Å²) in [7, 11) is 0. The van der Waals surface area contributed by atoms with Crippen LogP contribution in [0, 0.1) is 5.92 Å². The van der Waals surface area contributed by atoms with E-state index >= 15 is 0 Å². The first-order valence-corrected chi connectivity index (χ1v) is 10.8. The first-order chi connectivity index (χ1) is 14.5. The largest absolute Gasteiger partial charge is 0.348 e. The molecule has 2 saturated carbocycles. The van der Waals surface area contributed by atoms with Crippen molar-refractivity contribution in [1.82, 2.24) is 15.5 Å². The van der Waals surface area contributed by atoms with Gasteiger partial charge in [0.15, 0.2) is 5.79 Å². The van der Waals surface area contributed by atoms with E-state index in [4.69, 9.17) is 9.47 Å². The average molecular weight is 413 g/mol. The first kappa shape index (κ1) is 19.5. The zero-order valence-corrected chi connectivity index (χ0v) is 16.9. The minimum atomic E-state index is -0.951. The number of carbonyl (C=O) groups is 3. The molecule has 2 aliphatic heterocycles. The molecule has 1 unspecified atom stereocenters. The van der Waals surface area contributed by atoms with Gasteiger partial charge < -0.3 is 20.1 Å². The normalized spacial score (nSPS) is 25.5. The van der Waals surface area contributed by atoms with Gasteiger partial charge in [0.2, 0.25) is 5.91 Å². The molecule has 2 saturated heterocycles. The molecular formula is C22H27N3O5. The van der Waals surface area contributed by atoms with Crippen LogP contribution >= 0.6 is 0 Å². The molecule has 1 atom stereocenters. The quantitative estimate of drug-likeness (QED) is 0.719. The second-order valence-corrected chi connectivity index (χ2v) is 8.80. The molecule has 160 valence electrons. The second kappa shape index (κ2) is 7.35. The van der Waals surface area contributed by atoms with Gasteiger partial charge in [-0.1, -0.05) is 30.3 Å². The van der Waals surface area contributed by atoms with E-state index in [0.29, 0.717) is 44.8 Å². The Morgan fingerprint density at radius 3 is 2.40 bits per heavy atom. The molecule has 8 nitrogen and oxygen atoms in total. The van der Waals surface area contributed by atoms with Gasteiger partial charge in [0.1, 0.15) is 12.1 Å². The monoisotopic (exact) mass is 413 g/mol. The molecule has 5 rings (SSSR count). The number of carbonyl (C=O) groups excluding carboxylic acids is 3. The van der Waals surface area contributed by atoms with Crippen LogP contribution in [0.2, 0.25) is 0 Å². The molecule has 8 heteroatoms. The molecule has 2 aliphatic carbocycles. The minimum Gasteiger partial charge on any atom is -0.348 e. The zero-order valence-electron chi connectivity index (χ0n) is 16.9. The summed E-state index contributed by atoms with van der Waals surface area (Å²) in [5, 5.41) is 5.89. The van der Waals surface area contributed by atoms with Gasteiger partial charge in [-0.3, -0.25) is 14.5 Å². The molecule has 0 aromatic heterocycles. The predicted molar refractivity (Wildman–Crippen MR) is 106 cm³/mol. The highest BCUT2D eigenvalue weighted by Gasteiger charge is 2.56. The van der Waals surface area contributed by atoms with Crippen LogP contribution in [0.1, 0.15) is 50.1 Å². The highest BCUT2D eigenvalue weighted by atomic mass is 16.7. The zero-order chi connectivity index (χ0) is 20.8. The summed E-state index contributed by atoms with van der Waals surface area (Å²) in [6.45, 7) is 0.854. The van der Waals surface area contributed by atoms with E-state index in [9.17, 15) is 14.4 Å². The van der Waals surface area contributed by atoms with E-state index in [-0.39, 0.29) is 24.4 Å². The number of amides is 4. The maximum absolute atomic E-state index is 13.1. The lowest BCUT2D eigenvalue weighted by Gasteiger charge is -2.39. The van der Waals surface area contributed by atoms with Crippen LogP contribution in [-0.2, 0) is 19.1 Å². The van der Waals surface area contributed by atoms with E-state index in [0.717, 1.165) is 23.3 Å². The molecule has 0 radical (unpaired) electrons. The van der Waals surface area contributed by atoms with Crippen LogP contribution in [0.15, 0.2) is 30.3 Å². The Morgan fingerprint density at radius 1 is 1.10 bits per heavy atom. The lowest BCUT2D eigenvalue weighted by atomic mass is 9.78.